The Hall–Kier alpha value is -0.0800. The second-order valence-electron chi connectivity index (χ2n) is 3.83. The Morgan fingerprint density at radius 2 is 2.10 bits per heavy atom. The molecule has 1 heterocycles. The van der Waals surface area contributed by atoms with Gasteiger partial charge in [0.05, 0.1) is 11.2 Å². The van der Waals surface area contributed by atoms with Crippen molar-refractivity contribution in [3.8, 4) is 0 Å². The van der Waals surface area contributed by atoms with E-state index in [-0.39, 0.29) is 11.2 Å². The molecule has 0 aromatic rings. The molecule has 0 N–H and O–H groups in total. The highest BCUT2D eigenvalue weighted by Crippen LogP contribution is 2.55. The first-order valence-corrected chi connectivity index (χ1v) is 3.84. The van der Waals surface area contributed by atoms with Crippen LogP contribution < -0.4 is 0 Å². The average Bonchev–Trinajstić information content (AvgIpc) is 2.54. The van der Waals surface area contributed by atoms with Crippen LogP contribution in [0.1, 0.15) is 26.7 Å². The lowest BCUT2D eigenvalue weighted by Crippen LogP contribution is -2.31. The summed E-state index contributed by atoms with van der Waals surface area (Å²) in [5.41, 5.74) is 0.180. The van der Waals surface area contributed by atoms with Crippen LogP contribution in [0.5, 0.6) is 0 Å². The van der Waals surface area contributed by atoms with Crippen molar-refractivity contribution in [3.05, 3.63) is 0 Å². The van der Waals surface area contributed by atoms with Crippen LogP contribution in [0.3, 0.4) is 0 Å². The molecular weight excluding hydrogens is 128 g/mol. The lowest BCUT2D eigenvalue weighted by atomic mass is 10.0. The Morgan fingerprint density at radius 3 is 2.30 bits per heavy atom. The molecule has 2 aliphatic rings. The molecule has 58 valence electrons. The molecular formula is C8H14O2. The third kappa shape index (κ3) is 0.611. The third-order valence-electron chi connectivity index (χ3n) is 3.02. The molecule has 0 aromatic carbocycles. The van der Waals surface area contributed by atoms with Crippen molar-refractivity contribution in [2.24, 2.45) is 0 Å². The predicted molar refractivity (Wildman–Crippen MR) is 37.9 cm³/mol. The predicted octanol–water partition coefficient (Wildman–Crippen LogP) is 1.34. The second kappa shape index (κ2) is 1.56. The van der Waals surface area contributed by atoms with Crippen molar-refractivity contribution in [1.29, 1.82) is 0 Å². The minimum absolute atomic E-state index is 0.00868. The van der Waals surface area contributed by atoms with Crippen molar-refractivity contribution in [3.63, 3.8) is 0 Å². The summed E-state index contributed by atoms with van der Waals surface area (Å²) < 4.78 is 10.9. The van der Waals surface area contributed by atoms with Gasteiger partial charge in [-0.05, 0) is 26.7 Å². The summed E-state index contributed by atoms with van der Waals surface area (Å²) in [5, 5.41) is 0. The minimum Gasteiger partial charge on any atom is -0.376 e. The molecule has 1 aliphatic carbocycles. The van der Waals surface area contributed by atoms with E-state index in [0.29, 0.717) is 6.10 Å². The van der Waals surface area contributed by atoms with E-state index in [1.807, 2.05) is 0 Å². The Balaban J connectivity index is 2.16. The highest BCUT2D eigenvalue weighted by molar-refractivity contribution is 5.15. The second-order valence-corrected chi connectivity index (χ2v) is 3.83. The molecule has 1 saturated heterocycles. The fourth-order valence-corrected chi connectivity index (χ4v) is 2.03. The molecule has 2 fully saturated rings. The van der Waals surface area contributed by atoms with Gasteiger partial charge < -0.3 is 9.47 Å². The number of rotatable bonds is 1. The van der Waals surface area contributed by atoms with Crippen LogP contribution in [0.2, 0.25) is 0 Å². The number of methoxy groups -OCH3 is 1. The minimum atomic E-state index is 0.00868. The number of ether oxygens (including phenoxy) is 2. The summed E-state index contributed by atoms with van der Waals surface area (Å²) in [6.45, 7) is 4.30. The number of hydrogen-bond donors (Lipinski definition) is 0. The van der Waals surface area contributed by atoms with Crippen LogP contribution in [0.4, 0.5) is 0 Å². The first-order valence-electron chi connectivity index (χ1n) is 3.84. The third-order valence-corrected chi connectivity index (χ3v) is 3.02. The molecule has 0 radical (unpaired) electrons. The largest absolute Gasteiger partial charge is 0.376 e. The zero-order chi connectivity index (χ0) is 7.41. The number of fused-ring (bicyclic) bond motifs is 1. The van der Waals surface area contributed by atoms with Crippen molar-refractivity contribution in [2.45, 2.75) is 44.0 Å². The van der Waals surface area contributed by atoms with Gasteiger partial charge >= 0.3 is 0 Å². The van der Waals surface area contributed by atoms with E-state index in [9.17, 15) is 0 Å². The Morgan fingerprint density at radius 1 is 1.40 bits per heavy atom. The summed E-state index contributed by atoms with van der Waals surface area (Å²) in [5.74, 6) is 0. The van der Waals surface area contributed by atoms with Crippen molar-refractivity contribution >= 4 is 0 Å². The summed E-state index contributed by atoms with van der Waals surface area (Å²) >= 11 is 0. The van der Waals surface area contributed by atoms with Crippen LogP contribution >= 0.6 is 0 Å². The molecule has 0 bridgehead atoms. The van der Waals surface area contributed by atoms with Gasteiger partial charge in [0, 0.05) is 7.11 Å². The molecule has 2 nitrogen and oxygen atoms in total. The molecule has 2 heteroatoms. The molecule has 0 unspecified atom stereocenters. The highest BCUT2D eigenvalue weighted by Gasteiger charge is 2.66. The molecule has 3 atom stereocenters. The summed E-state index contributed by atoms with van der Waals surface area (Å²) in [4.78, 5) is 0. The van der Waals surface area contributed by atoms with Gasteiger partial charge in [-0.3, -0.25) is 0 Å². The van der Waals surface area contributed by atoms with Gasteiger partial charge in [0.1, 0.15) is 6.10 Å². The number of epoxide rings is 1. The molecule has 2 rings (SSSR count). The smallest absolute Gasteiger partial charge is 0.116 e. The first kappa shape index (κ1) is 6.62. The van der Waals surface area contributed by atoms with Crippen LogP contribution in [-0.2, 0) is 9.47 Å². The molecule has 1 saturated carbocycles. The van der Waals surface area contributed by atoms with Gasteiger partial charge in [0.2, 0.25) is 0 Å². The van der Waals surface area contributed by atoms with E-state index >= 15 is 0 Å². The standard InChI is InChI=1S/C8H14O2/c1-7(9-3)4-5-8(2)6(7)10-8/h6H,4-5H2,1-3H3/t6-,7-,8+/m1/s1. The van der Waals surface area contributed by atoms with Crippen molar-refractivity contribution in [1.82, 2.24) is 0 Å². The van der Waals surface area contributed by atoms with Crippen LogP contribution in [0.25, 0.3) is 0 Å². The molecule has 1 aliphatic heterocycles. The summed E-state index contributed by atoms with van der Waals surface area (Å²) in [7, 11) is 1.77. The lowest BCUT2D eigenvalue weighted by molar-refractivity contribution is -0.0237. The highest BCUT2D eigenvalue weighted by atomic mass is 16.6. The molecule has 0 aromatic heterocycles. The van der Waals surface area contributed by atoms with E-state index in [1.54, 1.807) is 7.11 Å². The Labute approximate surface area is 61.5 Å². The maximum atomic E-state index is 5.52. The zero-order valence-electron chi connectivity index (χ0n) is 6.81. The van der Waals surface area contributed by atoms with Gasteiger partial charge in [-0.1, -0.05) is 0 Å². The van der Waals surface area contributed by atoms with Crippen molar-refractivity contribution < 1.29 is 9.47 Å². The van der Waals surface area contributed by atoms with E-state index in [4.69, 9.17) is 9.47 Å². The molecule has 0 spiro atoms. The fraction of sp³-hybridized carbons (Fsp3) is 1.00. The topological polar surface area (TPSA) is 21.8 Å². The SMILES string of the molecule is CO[C@]1(C)CC[C@]2(C)O[C@H]12. The summed E-state index contributed by atoms with van der Waals surface area (Å²) in [6, 6.07) is 0. The first-order chi connectivity index (χ1) is 4.61. The molecule has 0 amide bonds. The zero-order valence-corrected chi connectivity index (χ0v) is 6.81. The lowest BCUT2D eigenvalue weighted by Gasteiger charge is -2.21. The summed E-state index contributed by atoms with van der Waals surface area (Å²) in [6.07, 6.45) is 2.66. The fourth-order valence-electron chi connectivity index (χ4n) is 2.03. The Bertz CT molecular complexity index is 169. The maximum Gasteiger partial charge on any atom is 0.116 e. The normalized spacial score (nSPS) is 58.5. The van der Waals surface area contributed by atoms with Gasteiger partial charge in [-0.2, -0.15) is 0 Å². The number of hydrogen-bond acceptors (Lipinski definition) is 2. The van der Waals surface area contributed by atoms with E-state index in [2.05, 4.69) is 13.8 Å². The van der Waals surface area contributed by atoms with E-state index < -0.39 is 0 Å². The van der Waals surface area contributed by atoms with Crippen LogP contribution in [0.15, 0.2) is 0 Å². The monoisotopic (exact) mass is 142 g/mol. The average molecular weight is 142 g/mol. The van der Waals surface area contributed by atoms with E-state index in [0.717, 1.165) is 12.8 Å². The van der Waals surface area contributed by atoms with Crippen LogP contribution in [-0.4, -0.2) is 24.4 Å². The maximum absolute atomic E-state index is 5.52. The van der Waals surface area contributed by atoms with Gasteiger partial charge in [0.25, 0.3) is 0 Å². The van der Waals surface area contributed by atoms with Gasteiger partial charge in [0.15, 0.2) is 0 Å². The van der Waals surface area contributed by atoms with Gasteiger partial charge in [-0.15, -0.1) is 0 Å². The quantitative estimate of drug-likeness (QED) is 0.515. The van der Waals surface area contributed by atoms with Crippen LogP contribution in [0, 0.1) is 0 Å². The Kier molecular flexibility index (Phi) is 1.03. The van der Waals surface area contributed by atoms with E-state index in [1.165, 1.54) is 0 Å². The van der Waals surface area contributed by atoms with Crippen molar-refractivity contribution in [2.75, 3.05) is 7.11 Å². The molecule has 10 heavy (non-hydrogen) atoms. The van der Waals surface area contributed by atoms with Gasteiger partial charge in [-0.25, -0.2) is 0 Å².